The highest BCUT2D eigenvalue weighted by Crippen LogP contribution is 2.28. The molecular formula is C16H23N3O2. The third kappa shape index (κ3) is 3.18. The Bertz CT molecular complexity index is 537. The van der Waals surface area contributed by atoms with Crippen LogP contribution in [0.1, 0.15) is 60.1 Å². The Morgan fingerprint density at radius 2 is 1.90 bits per heavy atom. The van der Waals surface area contributed by atoms with Crippen LogP contribution in [0.4, 0.5) is 0 Å². The summed E-state index contributed by atoms with van der Waals surface area (Å²) in [5, 5.41) is 0. The van der Waals surface area contributed by atoms with Crippen LogP contribution in [0, 0.1) is 0 Å². The first-order valence-electron chi connectivity index (χ1n) is 7.88. The van der Waals surface area contributed by atoms with Gasteiger partial charge in [-0.3, -0.25) is 4.79 Å². The molecule has 0 atom stereocenters. The standard InChI is InChI=1S/C16H23N3O2/c17-11-5-7-12(8-6-11)21-16-13(15(18)20)9-10-3-1-2-4-14(10)19-16/h9,11-12H,1-8,17H2,(H2,18,20). The number of amides is 1. The molecule has 2 aliphatic carbocycles. The van der Waals surface area contributed by atoms with E-state index in [4.69, 9.17) is 16.2 Å². The highest BCUT2D eigenvalue weighted by atomic mass is 16.5. The molecule has 1 fully saturated rings. The summed E-state index contributed by atoms with van der Waals surface area (Å²) in [5.74, 6) is -0.0398. The van der Waals surface area contributed by atoms with E-state index in [0.717, 1.165) is 62.6 Å². The molecule has 1 amide bonds. The van der Waals surface area contributed by atoms with E-state index in [1.807, 2.05) is 6.07 Å². The smallest absolute Gasteiger partial charge is 0.254 e. The number of carbonyl (C=O) groups is 1. The Morgan fingerprint density at radius 3 is 2.62 bits per heavy atom. The van der Waals surface area contributed by atoms with Gasteiger partial charge in [-0.1, -0.05) is 0 Å². The molecule has 0 unspecified atom stereocenters. The van der Waals surface area contributed by atoms with Crippen molar-refractivity contribution in [3.63, 3.8) is 0 Å². The normalized spacial score (nSPS) is 25.2. The number of nitrogens with two attached hydrogens (primary N) is 2. The highest BCUT2D eigenvalue weighted by Gasteiger charge is 2.24. The minimum absolute atomic E-state index is 0.0945. The number of rotatable bonds is 3. The van der Waals surface area contributed by atoms with Crippen LogP contribution in [0.5, 0.6) is 5.88 Å². The van der Waals surface area contributed by atoms with E-state index >= 15 is 0 Å². The monoisotopic (exact) mass is 289 g/mol. The molecule has 5 nitrogen and oxygen atoms in total. The topological polar surface area (TPSA) is 91.2 Å². The van der Waals surface area contributed by atoms with Crippen molar-refractivity contribution in [2.24, 2.45) is 11.5 Å². The van der Waals surface area contributed by atoms with Crippen LogP contribution in [0.2, 0.25) is 0 Å². The summed E-state index contributed by atoms with van der Waals surface area (Å²) in [5.41, 5.74) is 14.0. The van der Waals surface area contributed by atoms with E-state index in [9.17, 15) is 4.79 Å². The maximum absolute atomic E-state index is 11.7. The molecule has 0 aliphatic heterocycles. The summed E-state index contributed by atoms with van der Waals surface area (Å²) in [6, 6.07) is 2.16. The largest absolute Gasteiger partial charge is 0.474 e. The summed E-state index contributed by atoms with van der Waals surface area (Å²) in [6.07, 6.45) is 8.07. The second-order valence-electron chi connectivity index (χ2n) is 6.17. The Labute approximate surface area is 125 Å². The molecule has 1 saturated carbocycles. The molecule has 0 aromatic carbocycles. The van der Waals surface area contributed by atoms with Gasteiger partial charge in [-0.15, -0.1) is 0 Å². The number of hydrogen-bond acceptors (Lipinski definition) is 4. The fourth-order valence-corrected chi connectivity index (χ4v) is 3.25. The van der Waals surface area contributed by atoms with Gasteiger partial charge in [0.1, 0.15) is 11.7 Å². The molecule has 0 bridgehead atoms. The first-order chi connectivity index (χ1) is 10.1. The van der Waals surface area contributed by atoms with E-state index < -0.39 is 5.91 Å². The van der Waals surface area contributed by atoms with E-state index in [1.54, 1.807) is 0 Å². The number of primary amides is 1. The van der Waals surface area contributed by atoms with Gasteiger partial charge < -0.3 is 16.2 Å². The number of aromatic nitrogens is 1. The molecule has 1 heterocycles. The van der Waals surface area contributed by atoms with Crippen molar-refractivity contribution in [1.29, 1.82) is 0 Å². The first kappa shape index (κ1) is 14.3. The van der Waals surface area contributed by atoms with Gasteiger partial charge in [-0.2, -0.15) is 0 Å². The van der Waals surface area contributed by atoms with Crippen LogP contribution in [0.3, 0.4) is 0 Å². The Kier molecular flexibility index (Phi) is 4.10. The SMILES string of the molecule is NC(=O)c1cc2c(nc1OC1CCC(N)CC1)CCCC2. The summed E-state index contributed by atoms with van der Waals surface area (Å²) < 4.78 is 5.99. The van der Waals surface area contributed by atoms with E-state index in [-0.39, 0.29) is 12.1 Å². The summed E-state index contributed by atoms with van der Waals surface area (Å²) in [7, 11) is 0. The van der Waals surface area contributed by atoms with Gasteiger partial charge in [0.05, 0.1) is 0 Å². The van der Waals surface area contributed by atoms with Crippen LogP contribution in [0.25, 0.3) is 0 Å². The lowest BCUT2D eigenvalue weighted by Gasteiger charge is -2.27. The fourth-order valence-electron chi connectivity index (χ4n) is 3.25. The quantitative estimate of drug-likeness (QED) is 0.886. The van der Waals surface area contributed by atoms with Gasteiger partial charge in [0.25, 0.3) is 5.91 Å². The van der Waals surface area contributed by atoms with Crippen molar-refractivity contribution in [1.82, 2.24) is 4.98 Å². The molecule has 0 saturated heterocycles. The molecular weight excluding hydrogens is 266 g/mol. The maximum atomic E-state index is 11.7. The van der Waals surface area contributed by atoms with Crippen LogP contribution in [0.15, 0.2) is 6.07 Å². The number of carbonyl (C=O) groups excluding carboxylic acids is 1. The third-order valence-corrected chi connectivity index (χ3v) is 4.53. The zero-order valence-electron chi connectivity index (χ0n) is 12.3. The van der Waals surface area contributed by atoms with Crippen LogP contribution in [-0.4, -0.2) is 23.0 Å². The zero-order chi connectivity index (χ0) is 14.8. The Hall–Kier alpha value is -1.62. The number of pyridine rings is 1. The molecule has 1 aromatic rings. The van der Waals surface area contributed by atoms with Crippen molar-refractivity contribution in [3.8, 4) is 5.88 Å². The number of ether oxygens (including phenoxy) is 1. The lowest BCUT2D eigenvalue weighted by Crippen LogP contribution is -2.32. The van der Waals surface area contributed by atoms with Crippen molar-refractivity contribution < 1.29 is 9.53 Å². The molecule has 1 aromatic heterocycles. The minimum Gasteiger partial charge on any atom is -0.474 e. The summed E-state index contributed by atoms with van der Waals surface area (Å²) in [4.78, 5) is 16.3. The molecule has 3 rings (SSSR count). The molecule has 21 heavy (non-hydrogen) atoms. The number of aryl methyl sites for hydroxylation is 2. The van der Waals surface area contributed by atoms with Gasteiger partial charge >= 0.3 is 0 Å². The van der Waals surface area contributed by atoms with E-state index in [2.05, 4.69) is 4.98 Å². The lowest BCUT2D eigenvalue weighted by atomic mass is 9.93. The highest BCUT2D eigenvalue weighted by molar-refractivity contribution is 5.95. The van der Waals surface area contributed by atoms with Crippen LogP contribution in [-0.2, 0) is 12.8 Å². The van der Waals surface area contributed by atoms with Crippen molar-refractivity contribution in [2.75, 3.05) is 0 Å². The predicted molar refractivity (Wildman–Crippen MR) is 80.3 cm³/mol. The fraction of sp³-hybridized carbons (Fsp3) is 0.625. The van der Waals surface area contributed by atoms with Crippen molar-refractivity contribution >= 4 is 5.91 Å². The molecule has 0 radical (unpaired) electrons. The third-order valence-electron chi connectivity index (χ3n) is 4.53. The van der Waals surface area contributed by atoms with Gasteiger partial charge in [-0.05, 0) is 63.0 Å². The second-order valence-corrected chi connectivity index (χ2v) is 6.17. The van der Waals surface area contributed by atoms with Gasteiger partial charge in [0, 0.05) is 11.7 Å². The van der Waals surface area contributed by atoms with Crippen LogP contribution >= 0.6 is 0 Å². The minimum atomic E-state index is -0.460. The summed E-state index contributed by atoms with van der Waals surface area (Å²) in [6.45, 7) is 0. The molecule has 4 N–H and O–H groups in total. The zero-order valence-corrected chi connectivity index (χ0v) is 12.3. The van der Waals surface area contributed by atoms with Gasteiger partial charge in [0.2, 0.25) is 5.88 Å². The average molecular weight is 289 g/mol. The average Bonchev–Trinajstić information content (AvgIpc) is 2.48. The number of fused-ring (bicyclic) bond motifs is 1. The van der Waals surface area contributed by atoms with Gasteiger partial charge in [-0.25, -0.2) is 4.98 Å². The molecule has 5 heteroatoms. The predicted octanol–water partition coefficient (Wildman–Crippen LogP) is 1.71. The van der Waals surface area contributed by atoms with Crippen molar-refractivity contribution in [3.05, 3.63) is 22.9 Å². The van der Waals surface area contributed by atoms with Crippen molar-refractivity contribution in [2.45, 2.75) is 63.5 Å². The van der Waals surface area contributed by atoms with Crippen LogP contribution < -0.4 is 16.2 Å². The number of nitrogens with zero attached hydrogens (tertiary/aromatic N) is 1. The Morgan fingerprint density at radius 1 is 1.19 bits per heavy atom. The van der Waals surface area contributed by atoms with Gasteiger partial charge in [0.15, 0.2) is 0 Å². The maximum Gasteiger partial charge on any atom is 0.254 e. The molecule has 2 aliphatic rings. The van der Waals surface area contributed by atoms with E-state index in [1.165, 1.54) is 0 Å². The lowest BCUT2D eigenvalue weighted by molar-refractivity contribution is 0.0982. The summed E-state index contributed by atoms with van der Waals surface area (Å²) >= 11 is 0. The first-order valence-corrected chi connectivity index (χ1v) is 7.88. The number of hydrogen-bond donors (Lipinski definition) is 2. The molecule has 0 spiro atoms. The van der Waals surface area contributed by atoms with E-state index in [0.29, 0.717) is 11.4 Å². The molecule has 114 valence electrons. The Balaban J connectivity index is 1.84. The second kappa shape index (κ2) is 6.02.